The Kier molecular flexibility index (Phi) is 6.32. The lowest BCUT2D eigenvalue weighted by atomic mass is 9.96. The molecule has 1 heterocycles. The monoisotopic (exact) mass is 373 g/mol. The van der Waals surface area contributed by atoms with Gasteiger partial charge in [0.25, 0.3) is 0 Å². The minimum Gasteiger partial charge on any atom is -0.454 e. The Morgan fingerprint density at radius 1 is 1.08 bits per heavy atom. The van der Waals surface area contributed by atoms with Gasteiger partial charge in [0.15, 0.2) is 6.61 Å². The van der Waals surface area contributed by atoms with Crippen LogP contribution >= 0.6 is 11.3 Å². The van der Waals surface area contributed by atoms with E-state index in [-0.39, 0.29) is 18.3 Å². The molecule has 1 N–H and O–H groups in total. The van der Waals surface area contributed by atoms with Crippen molar-refractivity contribution in [3.05, 3.63) is 57.3 Å². The van der Waals surface area contributed by atoms with Gasteiger partial charge in [0.2, 0.25) is 11.7 Å². The summed E-state index contributed by atoms with van der Waals surface area (Å²) in [7, 11) is 0. The van der Waals surface area contributed by atoms with E-state index in [1.165, 1.54) is 11.3 Å². The fraction of sp³-hybridized carbons (Fsp3) is 0.350. The number of thiophene rings is 1. The topological polar surface area (TPSA) is 72.5 Å². The smallest absolute Gasteiger partial charge is 0.338 e. The molecule has 0 saturated carbocycles. The van der Waals surface area contributed by atoms with Crippen LogP contribution in [-0.4, -0.2) is 24.3 Å². The maximum Gasteiger partial charge on any atom is 0.338 e. The third-order valence-corrected chi connectivity index (χ3v) is 4.87. The van der Waals surface area contributed by atoms with Gasteiger partial charge in [0.05, 0.1) is 17.0 Å². The second-order valence-electron chi connectivity index (χ2n) is 7.01. The van der Waals surface area contributed by atoms with E-state index in [1.807, 2.05) is 39.8 Å². The standard InChI is InChI=1S/C20H23NO4S/c1-13-7-5-6-8-15(13)18(23)25-12-16(22)17-10-9-14(26-17)11-21-19(24)20(2,3)4/h5-10H,11-12H2,1-4H3,(H,21,24). The Bertz CT molecular complexity index is 817. The first kappa shape index (κ1) is 19.8. The number of benzene rings is 1. The zero-order valence-corrected chi connectivity index (χ0v) is 16.2. The summed E-state index contributed by atoms with van der Waals surface area (Å²) in [4.78, 5) is 37.5. The maximum atomic E-state index is 12.2. The summed E-state index contributed by atoms with van der Waals surface area (Å²) < 4.78 is 5.13. The van der Waals surface area contributed by atoms with Crippen LogP contribution in [0.4, 0.5) is 0 Å². The number of Topliss-reactive ketones (excluding diaryl/α,β-unsaturated/α-hetero) is 1. The van der Waals surface area contributed by atoms with Crippen molar-refractivity contribution >= 4 is 29.0 Å². The fourth-order valence-corrected chi connectivity index (χ4v) is 3.01. The molecule has 0 aliphatic carbocycles. The molecule has 2 aromatic rings. The van der Waals surface area contributed by atoms with E-state index in [0.717, 1.165) is 10.4 Å². The summed E-state index contributed by atoms with van der Waals surface area (Å²) in [5.41, 5.74) is 0.801. The van der Waals surface area contributed by atoms with E-state index in [9.17, 15) is 14.4 Å². The molecular weight excluding hydrogens is 350 g/mol. The Balaban J connectivity index is 1.89. The molecule has 0 saturated heterocycles. The van der Waals surface area contributed by atoms with Crippen LogP contribution in [0.3, 0.4) is 0 Å². The number of hydrogen-bond acceptors (Lipinski definition) is 5. The number of carbonyl (C=O) groups excluding carboxylic acids is 3. The lowest BCUT2D eigenvalue weighted by molar-refractivity contribution is -0.128. The van der Waals surface area contributed by atoms with Gasteiger partial charge in [0.1, 0.15) is 0 Å². The first-order valence-electron chi connectivity index (χ1n) is 8.31. The van der Waals surface area contributed by atoms with Gasteiger partial charge in [-0.05, 0) is 30.7 Å². The number of nitrogens with one attached hydrogen (secondary N) is 1. The zero-order chi connectivity index (χ0) is 19.3. The summed E-state index contributed by atoms with van der Waals surface area (Å²) >= 11 is 1.29. The number of amides is 1. The van der Waals surface area contributed by atoms with Crippen LogP contribution in [0.5, 0.6) is 0 Å². The van der Waals surface area contributed by atoms with Crippen LogP contribution in [-0.2, 0) is 16.1 Å². The van der Waals surface area contributed by atoms with Gasteiger partial charge in [-0.1, -0.05) is 39.0 Å². The normalized spacial score (nSPS) is 11.1. The minimum atomic E-state index is -0.509. The molecule has 1 aromatic carbocycles. The van der Waals surface area contributed by atoms with Crippen molar-refractivity contribution in [1.82, 2.24) is 5.32 Å². The molecule has 2 rings (SSSR count). The van der Waals surface area contributed by atoms with E-state index in [0.29, 0.717) is 17.0 Å². The average Bonchev–Trinajstić information content (AvgIpc) is 3.05. The first-order valence-corrected chi connectivity index (χ1v) is 9.13. The van der Waals surface area contributed by atoms with E-state index in [2.05, 4.69) is 5.32 Å². The van der Waals surface area contributed by atoms with Crippen molar-refractivity contribution in [2.24, 2.45) is 5.41 Å². The van der Waals surface area contributed by atoms with Gasteiger partial charge in [-0.2, -0.15) is 0 Å². The van der Waals surface area contributed by atoms with Crippen molar-refractivity contribution in [1.29, 1.82) is 0 Å². The van der Waals surface area contributed by atoms with E-state index < -0.39 is 11.4 Å². The summed E-state index contributed by atoms with van der Waals surface area (Å²) in [5, 5.41) is 2.84. The highest BCUT2D eigenvalue weighted by atomic mass is 32.1. The second-order valence-corrected chi connectivity index (χ2v) is 8.18. The summed E-state index contributed by atoms with van der Waals surface area (Å²) in [6.07, 6.45) is 0. The van der Waals surface area contributed by atoms with Crippen LogP contribution < -0.4 is 5.32 Å². The molecule has 0 aliphatic heterocycles. The number of aryl methyl sites for hydroxylation is 1. The molecule has 0 fully saturated rings. The van der Waals surface area contributed by atoms with Gasteiger partial charge < -0.3 is 10.1 Å². The van der Waals surface area contributed by atoms with Gasteiger partial charge in [-0.3, -0.25) is 9.59 Å². The first-order chi connectivity index (χ1) is 12.2. The van der Waals surface area contributed by atoms with Crippen molar-refractivity contribution in [2.75, 3.05) is 6.61 Å². The van der Waals surface area contributed by atoms with Gasteiger partial charge >= 0.3 is 5.97 Å². The van der Waals surface area contributed by atoms with Crippen LogP contribution in [0.15, 0.2) is 36.4 Å². The SMILES string of the molecule is Cc1ccccc1C(=O)OCC(=O)c1ccc(CNC(=O)C(C)(C)C)s1. The number of rotatable bonds is 6. The third-order valence-electron chi connectivity index (χ3n) is 3.74. The van der Waals surface area contributed by atoms with Crippen LogP contribution in [0.1, 0.15) is 51.2 Å². The number of ketones is 1. The van der Waals surface area contributed by atoms with Crippen LogP contribution in [0.25, 0.3) is 0 Å². The van der Waals surface area contributed by atoms with Gasteiger partial charge in [-0.25, -0.2) is 4.79 Å². The highest BCUT2D eigenvalue weighted by molar-refractivity contribution is 7.14. The van der Waals surface area contributed by atoms with E-state index >= 15 is 0 Å². The van der Waals surface area contributed by atoms with Crippen LogP contribution in [0, 0.1) is 12.3 Å². The zero-order valence-electron chi connectivity index (χ0n) is 15.4. The lowest BCUT2D eigenvalue weighted by Crippen LogP contribution is -2.34. The molecule has 0 radical (unpaired) electrons. The molecule has 26 heavy (non-hydrogen) atoms. The molecule has 6 heteroatoms. The number of ether oxygens (including phenoxy) is 1. The predicted octanol–water partition coefficient (Wildman–Crippen LogP) is 3.76. The molecule has 1 amide bonds. The Morgan fingerprint density at radius 3 is 2.42 bits per heavy atom. The third kappa shape index (κ3) is 5.26. The summed E-state index contributed by atoms with van der Waals surface area (Å²) in [5.74, 6) is -0.818. The lowest BCUT2D eigenvalue weighted by Gasteiger charge is -2.17. The largest absolute Gasteiger partial charge is 0.454 e. The molecule has 0 bridgehead atoms. The molecule has 1 aromatic heterocycles. The molecule has 0 spiro atoms. The van der Waals surface area contributed by atoms with Gasteiger partial charge in [0, 0.05) is 10.3 Å². The van der Waals surface area contributed by atoms with Gasteiger partial charge in [-0.15, -0.1) is 11.3 Å². The van der Waals surface area contributed by atoms with E-state index in [4.69, 9.17) is 4.74 Å². The Labute approximate surface area is 157 Å². The Hall–Kier alpha value is -2.47. The number of esters is 1. The minimum absolute atomic E-state index is 0.0501. The highest BCUT2D eigenvalue weighted by Gasteiger charge is 2.21. The second kappa shape index (κ2) is 8.27. The van der Waals surface area contributed by atoms with E-state index in [1.54, 1.807) is 24.3 Å². The fourth-order valence-electron chi connectivity index (χ4n) is 2.14. The molecular formula is C20H23NO4S. The number of carbonyl (C=O) groups is 3. The number of hydrogen-bond donors (Lipinski definition) is 1. The van der Waals surface area contributed by atoms with Crippen molar-refractivity contribution in [2.45, 2.75) is 34.2 Å². The summed E-state index contributed by atoms with van der Waals surface area (Å²) in [6, 6.07) is 10.6. The van der Waals surface area contributed by atoms with Crippen molar-refractivity contribution in [3.8, 4) is 0 Å². The van der Waals surface area contributed by atoms with Crippen LogP contribution in [0.2, 0.25) is 0 Å². The maximum absolute atomic E-state index is 12.2. The Morgan fingerprint density at radius 2 is 1.77 bits per heavy atom. The predicted molar refractivity (Wildman–Crippen MR) is 101 cm³/mol. The summed E-state index contributed by atoms with van der Waals surface area (Å²) in [6.45, 7) is 7.41. The molecule has 0 unspecified atom stereocenters. The molecule has 138 valence electrons. The highest BCUT2D eigenvalue weighted by Crippen LogP contribution is 2.19. The molecule has 0 atom stereocenters. The molecule has 5 nitrogen and oxygen atoms in total. The van der Waals surface area contributed by atoms with Crippen molar-refractivity contribution < 1.29 is 19.1 Å². The average molecular weight is 373 g/mol. The van der Waals surface area contributed by atoms with Crippen molar-refractivity contribution in [3.63, 3.8) is 0 Å². The quantitative estimate of drug-likeness (QED) is 0.618. The molecule has 0 aliphatic rings.